The zero-order chi connectivity index (χ0) is 15.6. The molecule has 116 valence electrons. The van der Waals surface area contributed by atoms with Gasteiger partial charge in [-0.3, -0.25) is 14.3 Å². The van der Waals surface area contributed by atoms with E-state index in [4.69, 9.17) is 5.11 Å². The van der Waals surface area contributed by atoms with Crippen LogP contribution in [-0.4, -0.2) is 59.7 Å². The van der Waals surface area contributed by atoms with Crippen LogP contribution in [0, 0.1) is 5.92 Å². The van der Waals surface area contributed by atoms with Gasteiger partial charge in [-0.15, -0.1) is 0 Å². The van der Waals surface area contributed by atoms with Crippen LogP contribution in [0.25, 0.3) is 0 Å². The number of aliphatic carboxylic acids is 1. The quantitative estimate of drug-likeness (QED) is 0.691. The van der Waals surface area contributed by atoms with Gasteiger partial charge in [0.25, 0.3) is 0 Å². The third kappa shape index (κ3) is 3.58. The molecule has 1 saturated heterocycles. The first kappa shape index (κ1) is 15.4. The molecule has 2 heterocycles. The average Bonchev–Trinajstić information content (AvgIpc) is 3.04. The van der Waals surface area contributed by atoms with Crippen LogP contribution >= 0.6 is 0 Å². The van der Waals surface area contributed by atoms with E-state index in [1.165, 1.54) is 22.0 Å². The fourth-order valence-corrected chi connectivity index (χ4v) is 3.04. The summed E-state index contributed by atoms with van der Waals surface area (Å²) in [7, 11) is -2.21. The Morgan fingerprint density at radius 2 is 2.24 bits per heavy atom. The van der Waals surface area contributed by atoms with E-state index in [2.05, 4.69) is 9.82 Å². The molecular formula is C11H16N4O5S. The summed E-state index contributed by atoms with van der Waals surface area (Å²) in [4.78, 5) is 24.0. The van der Waals surface area contributed by atoms with Crippen molar-refractivity contribution in [2.75, 3.05) is 19.6 Å². The Balaban J connectivity index is 1.91. The molecule has 0 bridgehead atoms. The van der Waals surface area contributed by atoms with Crippen LogP contribution in [0.2, 0.25) is 0 Å². The molecule has 0 spiro atoms. The van der Waals surface area contributed by atoms with Crippen LogP contribution < -0.4 is 4.72 Å². The van der Waals surface area contributed by atoms with E-state index in [0.717, 1.165) is 0 Å². The minimum Gasteiger partial charge on any atom is -0.481 e. The highest BCUT2D eigenvalue weighted by Gasteiger charge is 2.31. The molecule has 1 aliphatic rings. The molecule has 1 fully saturated rings. The highest BCUT2D eigenvalue weighted by molar-refractivity contribution is 7.89. The molecule has 1 amide bonds. The van der Waals surface area contributed by atoms with Crippen LogP contribution in [-0.2, 0) is 26.7 Å². The molecule has 0 radical (unpaired) electrons. The SMILES string of the molecule is Cn1cc(S(=O)(=O)NCC(=O)N2CCC(C(=O)O)C2)cn1. The number of amides is 1. The lowest BCUT2D eigenvalue weighted by Gasteiger charge is -2.15. The van der Waals surface area contributed by atoms with Crippen molar-refractivity contribution in [3.05, 3.63) is 12.4 Å². The van der Waals surface area contributed by atoms with Gasteiger partial charge in [-0.1, -0.05) is 0 Å². The monoisotopic (exact) mass is 316 g/mol. The molecule has 2 N–H and O–H groups in total. The molecule has 9 nitrogen and oxygen atoms in total. The normalized spacial score (nSPS) is 18.9. The fourth-order valence-electron chi connectivity index (χ4n) is 2.08. The van der Waals surface area contributed by atoms with E-state index in [-0.39, 0.29) is 11.4 Å². The first-order chi connectivity index (χ1) is 9.79. The molecule has 1 atom stereocenters. The predicted octanol–water partition coefficient (Wildman–Crippen LogP) is -1.37. The van der Waals surface area contributed by atoms with E-state index in [0.29, 0.717) is 13.0 Å². The third-order valence-corrected chi connectivity index (χ3v) is 4.65. The second-order valence-electron chi connectivity index (χ2n) is 4.84. The smallest absolute Gasteiger partial charge is 0.308 e. The summed E-state index contributed by atoms with van der Waals surface area (Å²) < 4.78 is 27.3. The number of rotatable bonds is 5. The maximum Gasteiger partial charge on any atom is 0.308 e. The van der Waals surface area contributed by atoms with Crippen molar-refractivity contribution in [1.82, 2.24) is 19.4 Å². The van der Waals surface area contributed by atoms with Gasteiger partial charge in [-0.05, 0) is 6.42 Å². The Hall–Kier alpha value is -1.94. The van der Waals surface area contributed by atoms with Crippen LogP contribution in [0.5, 0.6) is 0 Å². The summed E-state index contributed by atoms with van der Waals surface area (Å²) in [6, 6.07) is 0. The van der Waals surface area contributed by atoms with Crippen molar-refractivity contribution in [1.29, 1.82) is 0 Å². The van der Waals surface area contributed by atoms with Gasteiger partial charge in [0.1, 0.15) is 4.90 Å². The molecule has 0 aromatic carbocycles. The van der Waals surface area contributed by atoms with E-state index in [9.17, 15) is 18.0 Å². The van der Waals surface area contributed by atoms with Gasteiger partial charge < -0.3 is 10.0 Å². The zero-order valence-electron chi connectivity index (χ0n) is 11.4. The molecule has 1 aliphatic heterocycles. The first-order valence-electron chi connectivity index (χ1n) is 6.28. The number of aromatic nitrogens is 2. The largest absolute Gasteiger partial charge is 0.481 e. The predicted molar refractivity (Wildman–Crippen MR) is 70.7 cm³/mol. The number of nitrogens with one attached hydrogen (secondary N) is 1. The van der Waals surface area contributed by atoms with Crippen molar-refractivity contribution in [3.63, 3.8) is 0 Å². The molecular weight excluding hydrogens is 300 g/mol. The van der Waals surface area contributed by atoms with Crippen molar-refractivity contribution < 1.29 is 23.1 Å². The molecule has 1 aromatic heterocycles. The summed E-state index contributed by atoms with van der Waals surface area (Å²) >= 11 is 0. The van der Waals surface area contributed by atoms with Gasteiger partial charge in [0, 0.05) is 26.3 Å². The molecule has 1 aromatic rings. The Bertz CT molecular complexity index is 653. The van der Waals surface area contributed by atoms with Gasteiger partial charge in [0.15, 0.2) is 0 Å². The number of nitrogens with zero attached hydrogens (tertiary/aromatic N) is 3. The van der Waals surface area contributed by atoms with Gasteiger partial charge in [0.05, 0.1) is 18.7 Å². The Labute approximate surface area is 121 Å². The molecule has 0 aliphatic carbocycles. The summed E-state index contributed by atoms with van der Waals surface area (Å²) in [6.45, 7) is 0.0385. The number of hydrogen-bond donors (Lipinski definition) is 2. The third-order valence-electron chi connectivity index (χ3n) is 3.30. The maximum atomic E-state index is 11.9. The number of aryl methyl sites for hydroxylation is 1. The average molecular weight is 316 g/mol. The van der Waals surface area contributed by atoms with Crippen molar-refractivity contribution >= 4 is 21.9 Å². The van der Waals surface area contributed by atoms with E-state index >= 15 is 0 Å². The Kier molecular flexibility index (Phi) is 4.28. The molecule has 10 heteroatoms. The lowest BCUT2D eigenvalue weighted by Crippen LogP contribution is -2.39. The molecule has 0 saturated carbocycles. The number of carbonyl (C=O) groups excluding carboxylic acids is 1. The topological polar surface area (TPSA) is 122 Å². The van der Waals surface area contributed by atoms with Crippen LogP contribution in [0.4, 0.5) is 0 Å². The minimum absolute atomic E-state index is 0.0253. The van der Waals surface area contributed by atoms with E-state index in [1.807, 2.05) is 0 Å². The highest BCUT2D eigenvalue weighted by Crippen LogP contribution is 2.16. The van der Waals surface area contributed by atoms with E-state index < -0.39 is 34.4 Å². The van der Waals surface area contributed by atoms with Gasteiger partial charge >= 0.3 is 5.97 Å². The standard InChI is InChI=1S/C11H16N4O5S/c1-14-7-9(4-12-14)21(19,20)13-5-10(16)15-3-2-8(6-15)11(17)18/h4,7-8,13H,2-3,5-6H2,1H3,(H,17,18). The summed E-state index contributed by atoms with van der Waals surface area (Å²) in [5.74, 6) is -1.96. The number of carboxylic acid groups (broad SMARTS) is 1. The van der Waals surface area contributed by atoms with Crippen molar-refractivity contribution in [3.8, 4) is 0 Å². The van der Waals surface area contributed by atoms with E-state index in [1.54, 1.807) is 7.05 Å². The zero-order valence-corrected chi connectivity index (χ0v) is 12.2. The van der Waals surface area contributed by atoms with Crippen LogP contribution in [0.3, 0.4) is 0 Å². The van der Waals surface area contributed by atoms with Crippen LogP contribution in [0.1, 0.15) is 6.42 Å². The van der Waals surface area contributed by atoms with Crippen molar-refractivity contribution in [2.45, 2.75) is 11.3 Å². The number of hydrogen-bond acceptors (Lipinski definition) is 5. The Morgan fingerprint density at radius 3 is 2.76 bits per heavy atom. The number of sulfonamides is 1. The fraction of sp³-hybridized carbons (Fsp3) is 0.545. The highest BCUT2D eigenvalue weighted by atomic mass is 32.2. The second-order valence-corrected chi connectivity index (χ2v) is 6.60. The molecule has 1 unspecified atom stereocenters. The van der Waals surface area contributed by atoms with Gasteiger partial charge in [0.2, 0.25) is 15.9 Å². The van der Waals surface area contributed by atoms with Crippen molar-refractivity contribution in [2.24, 2.45) is 13.0 Å². The summed E-state index contributed by atoms with van der Waals surface area (Å²) in [5.41, 5.74) is 0. The second kappa shape index (κ2) is 5.82. The summed E-state index contributed by atoms with van der Waals surface area (Å²) in [5, 5.41) is 12.6. The lowest BCUT2D eigenvalue weighted by molar-refractivity contribution is -0.141. The van der Waals surface area contributed by atoms with Gasteiger partial charge in [-0.2, -0.15) is 5.10 Å². The maximum absolute atomic E-state index is 11.9. The molecule has 21 heavy (non-hydrogen) atoms. The lowest BCUT2D eigenvalue weighted by atomic mass is 10.1. The van der Waals surface area contributed by atoms with Crippen LogP contribution in [0.15, 0.2) is 17.3 Å². The van der Waals surface area contributed by atoms with Gasteiger partial charge in [-0.25, -0.2) is 13.1 Å². The number of carbonyl (C=O) groups is 2. The number of likely N-dealkylation sites (tertiary alicyclic amines) is 1. The first-order valence-corrected chi connectivity index (χ1v) is 7.77. The number of carboxylic acids is 1. The molecule has 2 rings (SSSR count). The summed E-state index contributed by atoms with van der Waals surface area (Å²) in [6.07, 6.45) is 2.89. The minimum atomic E-state index is -3.79. The Morgan fingerprint density at radius 1 is 1.52 bits per heavy atom.